The number of carbonyl (C=O) groups excluding carboxylic acids is 1. The van der Waals surface area contributed by atoms with Gasteiger partial charge in [0.2, 0.25) is 11.6 Å². The lowest BCUT2D eigenvalue weighted by atomic mass is 10.1. The van der Waals surface area contributed by atoms with Crippen LogP contribution in [0.1, 0.15) is 28.1 Å². The van der Waals surface area contributed by atoms with Crippen molar-refractivity contribution >= 4 is 12.0 Å². The van der Waals surface area contributed by atoms with Gasteiger partial charge in [0, 0.05) is 23.6 Å². The number of aryl methyl sites for hydroxylation is 1. The minimum atomic E-state index is -0.583. The second kappa shape index (κ2) is 15.3. The number of hydrogen-bond acceptors (Lipinski definition) is 8. The van der Waals surface area contributed by atoms with Gasteiger partial charge < -0.3 is 28.1 Å². The number of ether oxygens (including phenoxy) is 5. The Morgan fingerprint density at radius 2 is 1.49 bits per heavy atom. The molecule has 5 rings (SSSR count). The zero-order chi connectivity index (χ0) is 31.4. The third-order valence-corrected chi connectivity index (χ3v) is 6.98. The summed E-state index contributed by atoms with van der Waals surface area (Å²) in [6, 6.07) is 32.3. The molecular formula is C37H35NO7. The third-order valence-electron chi connectivity index (χ3n) is 6.98. The SMILES string of the molecule is CO/C(=C/c1ccc(OCCc2nc(-c3ccccc3)oc2C)cc1OCc1ccc(OC)cc1)C(=O)OCc1ccccc1. The van der Waals surface area contributed by atoms with Gasteiger partial charge in [0.05, 0.1) is 26.5 Å². The molecule has 5 aromatic rings. The predicted molar refractivity (Wildman–Crippen MR) is 171 cm³/mol. The van der Waals surface area contributed by atoms with Gasteiger partial charge in [-0.2, -0.15) is 0 Å². The second-order valence-corrected chi connectivity index (χ2v) is 10.1. The fourth-order valence-corrected chi connectivity index (χ4v) is 4.50. The zero-order valence-electron chi connectivity index (χ0n) is 25.5. The number of esters is 1. The van der Waals surface area contributed by atoms with Crippen LogP contribution in [-0.2, 0) is 33.9 Å². The molecule has 45 heavy (non-hydrogen) atoms. The summed E-state index contributed by atoms with van der Waals surface area (Å²) in [5.74, 6) is 2.68. The van der Waals surface area contributed by atoms with Gasteiger partial charge in [0.25, 0.3) is 0 Å². The number of rotatable bonds is 14. The van der Waals surface area contributed by atoms with Crippen molar-refractivity contribution in [2.75, 3.05) is 20.8 Å². The van der Waals surface area contributed by atoms with Gasteiger partial charge in [-0.15, -0.1) is 0 Å². The highest BCUT2D eigenvalue weighted by molar-refractivity contribution is 5.92. The average molecular weight is 606 g/mol. The smallest absolute Gasteiger partial charge is 0.373 e. The van der Waals surface area contributed by atoms with Crippen molar-refractivity contribution in [1.82, 2.24) is 4.98 Å². The van der Waals surface area contributed by atoms with E-state index in [-0.39, 0.29) is 19.0 Å². The molecule has 0 bridgehead atoms. The molecule has 0 saturated heterocycles. The molecule has 0 unspecified atom stereocenters. The van der Waals surface area contributed by atoms with Crippen LogP contribution in [0.2, 0.25) is 0 Å². The normalized spacial score (nSPS) is 11.1. The van der Waals surface area contributed by atoms with Crippen molar-refractivity contribution in [1.29, 1.82) is 0 Å². The molecule has 0 fully saturated rings. The fraction of sp³-hybridized carbons (Fsp3) is 0.189. The molecule has 0 radical (unpaired) electrons. The summed E-state index contributed by atoms with van der Waals surface area (Å²) < 4.78 is 34.4. The maximum absolute atomic E-state index is 12.9. The van der Waals surface area contributed by atoms with Gasteiger partial charge in [-0.1, -0.05) is 60.7 Å². The quantitative estimate of drug-likeness (QED) is 0.0727. The summed E-state index contributed by atoms with van der Waals surface area (Å²) in [5.41, 5.74) is 4.22. The standard InChI is InChI=1S/C37H35NO7/c1-26-33(38-36(45-26)29-12-8-5-9-13-29)20-21-42-32-19-16-30(34(23-32)43-24-28-14-17-31(40-2)18-15-28)22-35(41-3)37(39)44-25-27-10-6-4-7-11-27/h4-19,22-23H,20-21,24-25H2,1-3H3/b35-22+. The summed E-state index contributed by atoms with van der Waals surface area (Å²) in [6.45, 7) is 2.70. The van der Waals surface area contributed by atoms with E-state index >= 15 is 0 Å². The predicted octanol–water partition coefficient (Wildman–Crippen LogP) is 7.59. The van der Waals surface area contributed by atoms with Crippen LogP contribution < -0.4 is 14.2 Å². The summed E-state index contributed by atoms with van der Waals surface area (Å²) in [6.07, 6.45) is 2.16. The molecule has 0 atom stereocenters. The lowest BCUT2D eigenvalue weighted by Crippen LogP contribution is -2.09. The van der Waals surface area contributed by atoms with Crippen LogP contribution in [-0.4, -0.2) is 31.8 Å². The van der Waals surface area contributed by atoms with E-state index in [0.29, 0.717) is 36.0 Å². The first-order valence-corrected chi connectivity index (χ1v) is 14.5. The Bertz CT molecular complexity index is 1710. The number of nitrogens with zero attached hydrogens (tertiary/aromatic N) is 1. The molecule has 0 aliphatic carbocycles. The molecule has 0 aliphatic rings. The molecule has 0 N–H and O–H groups in total. The highest BCUT2D eigenvalue weighted by Crippen LogP contribution is 2.29. The minimum Gasteiger partial charge on any atom is -0.497 e. The molecule has 8 heteroatoms. The summed E-state index contributed by atoms with van der Waals surface area (Å²) in [7, 11) is 3.06. The summed E-state index contributed by atoms with van der Waals surface area (Å²) in [5, 5.41) is 0. The average Bonchev–Trinajstić information content (AvgIpc) is 3.46. The number of carbonyl (C=O) groups is 1. The lowest BCUT2D eigenvalue weighted by molar-refractivity contribution is -0.143. The van der Waals surface area contributed by atoms with Crippen molar-refractivity contribution in [2.45, 2.75) is 26.6 Å². The summed E-state index contributed by atoms with van der Waals surface area (Å²) >= 11 is 0. The van der Waals surface area contributed by atoms with Crippen LogP contribution in [0.25, 0.3) is 17.5 Å². The highest BCUT2D eigenvalue weighted by Gasteiger charge is 2.16. The van der Waals surface area contributed by atoms with Crippen molar-refractivity contribution in [3.05, 3.63) is 137 Å². The van der Waals surface area contributed by atoms with Crippen LogP contribution in [0, 0.1) is 6.92 Å². The molecule has 1 aromatic heterocycles. The van der Waals surface area contributed by atoms with Gasteiger partial charge in [-0.25, -0.2) is 9.78 Å². The number of benzene rings is 4. The van der Waals surface area contributed by atoms with E-state index in [9.17, 15) is 4.79 Å². The monoisotopic (exact) mass is 605 g/mol. The maximum atomic E-state index is 12.9. The van der Waals surface area contributed by atoms with Gasteiger partial charge >= 0.3 is 5.97 Å². The number of aromatic nitrogens is 1. The van der Waals surface area contributed by atoms with E-state index in [4.69, 9.17) is 28.1 Å². The highest BCUT2D eigenvalue weighted by atomic mass is 16.6. The Morgan fingerprint density at radius 3 is 2.20 bits per heavy atom. The Hall–Kier alpha value is -5.50. The molecule has 0 saturated carbocycles. The molecular weight excluding hydrogens is 570 g/mol. The third kappa shape index (κ3) is 8.54. The number of methoxy groups -OCH3 is 2. The Balaban J connectivity index is 1.30. The van der Waals surface area contributed by atoms with Crippen molar-refractivity contribution < 1.29 is 32.9 Å². The Morgan fingerprint density at radius 1 is 0.800 bits per heavy atom. The molecule has 0 amide bonds. The second-order valence-electron chi connectivity index (χ2n) is 10.1. The Kier molecular flexibility index (Phi) is 10.5. The van der Waals surface area contributed by atoms with E-state index in [0.717, 1.165) is 33.9 Å². The molecule has 0 spiro atoms. The van der Waals surface area contributed by atoms with Crippen LogP contribution in [0.4, 0.5) is 0 Å². The first-order valence-electron chi connectivity index (χ1n) is 14.5. The zero-order valence-corrected chi connectivity index (χ0v) is 25.5. The van der Waals surface area contributed by atoms with Crippen LogP contribution in [0.15, 0.2) is 113 Å². The van der Waals surface area contributed by atoms with E-state index < -0.39 is 5.97 Å². The van der Waals surface area contributed by atoms with E-state index in [1.54, 1.807) is 19.3 Å². The molecule has 8 nitrogen and oxygen atoms in total. The number of hydrogen-bond donors (Lipinski definition) is 0. The van der Waals surface area contributed by atoms with Gasteiger partial charge in [0.15, 0.2) is 0 Å². The largest absolute Gasteiger partial charge is 0.497 e. The minimum absolute atomic E-state index is 0.0459. The maximum Gasteiger partial charge on any atom is 0.373 e. The van der Waals surface area contributed by atoms with Crippen molar-refractivity contribution in [2.24, 2.45) is 0 Å². The van der Waals surface area contributed by atoms with Crippen LogP contribution >= 0.6 is 0 Å². The van der Waals surface area contributed by atoms with E-state index in [2.05, 4.69) is 4.98 Å². The first-order chi connectivity index (χ1) is 22.0. The molecule has 1 heterocycles. The lowest BCUT2D eigenvalue weighted by Gasteiger charge is -2.14. The fourth-order valence-electron chi connectivity index (χ4n) is 4.50. The van der Waals surface area contributed by atoms with E-state index in [1.165, 1.54) is 7.11 Å². The molecule has 230 valence electrons. The van der Waals surface area contributed by atoms with Gasteiger partial charge in [0.1, 0.15) is 36.2 Å². The Labute approximate surface area is 262 Å². The summed E-state index contributed by atoms with van der Waals surface area (Å²) in [4.78, 5) is 17.5. The number of oxazole rings is 1. The van der Waals surface area contributed by atoms with Crippen LogP contribution in [0.5, 0.6) is 17.2 Å². The molecule has 4 aromatic carbocycles. The van der Waals surface area contributed by atoms with Crippen LogP contribution in [0.3, 0.4) is 0 Å². The van der Waals surface area contributed by atoms with Gasteiger partial charge in [-0.05, 0) is 60.5 Å². The topological polar surface area (TPSA) is 89.3 Å². The first kappa shape index (κ1) is 30.9. The van der Waals surface area contributed by atoms with Gasteiger partial charge in [-0.3, -0.25) is 0 Å². The van der Waals surface area contributed by atoms with Crippen molar-refractivity contribution in [3.63, 3.8) is 0 Å². The van der Waals surface area contributed by atoms with Crippen molar-refractivity contribution in [3.8, 4) is 28.7 Å². The van der Waals surface area contributed by atoms with E-state index in [1.807, 2.05) is 104 Å². The molecule has 0 aliphatic heterocycles.